The zero-order chi connectivity index (χ0) is 7.94. The van der Waals surface area contributed by atoms with Crippen LogP contribution in [-0.4, -0.2) is 36.2 Å². The SMILES string of the molecule is Cl.OCCCCN1CCCCC1. The summed E-state index contributed by atoms with van der Waals surface area (Å²) in [5.41, 5.74) is 0. The van der Waals surface area contributed by atoms with E-state index in [1.807, 2.05) is 0 Å². The van der Waals surface area contributed by atoms with Crippen molar-refractivity contribution in [3.05, 3.63) is 0 Å². The molecule has 0 saturated carbocycles. The summed E-state index contributed by atoms with van der Waals surface area (Å²) in [4.78, 5) is 2.51. The molecule has 74 valence electrons. The number of hydrogen-bond acceptors (Lipinski definition) is 2. The van der Waals surface area contributed by atoms with Gasteiger partial charge < -0.3 is 10.0 Å². The second-order valence-electron chi connectivity index (χ2n) is 3.33. The third-order valence-corrected chi connectivity index (χ3v) is 2.33. The fourth-order valence-corrected chi connectivity index (χ4v) is 1.63. The molecule has 0 aromatic heterocycles. The molecule has 0 radical (unpaired) electrons. The number of unbranched alkanes of at least 4 members (excludes halogenated alkanes) is 1. The first kappa shape index (κ1) is 12.2. The van der Waals surface area contributed by atoms with Crippen molar-refractivity contribution in [2.24, 2.45) is 0 Å². The normalized spacial score (nSPS) is 18.8. The molecule has 0 aromatic rings. The average Bonchev–Trinajstić information content (AvgIpc) is 2.07. The Bertz CT molecular complexity index is 94.5. The first-order valence-corrected chi connectivity index (χ1v) is 4.76. The van der Waals surface area contributed by atoms with Crippen LogP contribution in [0.1, 0.15) is 32.1 Å². The number of likely N-dealkylation sites (tertiary alicyclic amines) is 1. The maximum Gasteiger partial charge on any atom is 0.0431 e. The largest absolute Gasteiger partial charge is 0.396 e. The highest BCUT2D eigenvalue weighted by Gasteiger charge is 2.08. The van der Waals surface area contributed by atoms with Gasteiger partial charge in [0.1, 0.15) is 0 Å². The summed E-state index contributed by atoms with van der Waals surface area (Å²) in [6, 6.07) is 0. The van der Waals surface area contributed by atoms with E-state index >= 15 is 0 Å². The van der Waals surface area contributed by atoms with Crippen molar-refractivity contribution in [3.63, 3.8) is 0 Å². The van der Waals surface area contributed by atoms with Gasteiger partial charge in [0.15, 0.2) is 0 Å². The molecular formula is C9H20ClNO. The van der Waals surface area contributed by atoms with Gasteiger partial charge in [-0.1, -0.05) is 6.42 Å². The molecule has 1 aliphatic rings. The lowest BCUT2D eigenvalue weighted by Gasteiger charge is -2.26. The standard InChI is InChI=1S/C9H19NO.ClH/c11-9-5-4-8-10-6-2-1-3-7-10;/h11H,1-9H2;1H. The third-order valence-electron chi connectivity index (χ3n) is 2.33. The minimum absolute atomic E-state index is 0. The Morgan fingerprint density at radius 2 is 1.67 bits per heavy atom. The quantitative estimate of drug-likeness (QED) is 0.687. The fourth-order valence-electron chi connectivity index (χ4n) is 1.63. The van der Waals surface area contributed by atoms with Crippen LogP contribution in [0.25, 0.3) is 0 Å². The Morgan fingerprint density at radius 3 is 2.25 bits per heavy atom. The first-order valence-electron chi connectivity index (χ1n) is 4.76. The smallest absolute Gasteiger partial charge is 0.0431 e. The van der Waals surface area contributed by atoms with Crippen molar-refractivity contribution in [1.82, 2.24) is 4.90 Å². The summed E-state index contributed by atoms with van der Waals surface area (Å²) in [7, 11) is 0. The number of rotatable bonds is 4. The van der Waals surface area contributed by atoms with Crippen molar-refractivity contribution < 1.29 is 5.11 Å². The molecule has 1 aliphatic heterocycles. The van der Waals surface area contributed by atoms with Crippen LogP contribution in [0, 0.1) is 0 Å². The van der Waals surface area contributed by atoms with Crippen LogP contribution in [0.2, 0.25) is 0 Å². The van der Waals surface area contributed by atoms with Crippen molar-refractivity contribution in [3.8, 4) is 0 Å². The van der Waals surface area contributed by atoms with Gasteiger partial charge in [0.05, 0.1) is 0 Å². The number of halogens is 1. The maximum absolute atomic E-state index is 8.58. The molecule has 1 heterocycles. The van der Waals surface area contributed by atoms with E-state index in [-0.39, 0.29) is 12.4 Å². The second kappa shape index (κ2) is 7.84. The Kier molecular flexibility index (Phi) is 7.98. The number of aliphatic hydroxyl groups excluding tert-OH is 1. The summed E-state index contributed by atoms with van der Waals surface area (Å²) in [6.45, 7) is 4.12. The highest BCUT2D eigenvalue weighted by Crippen LogP contribution is 2.08. The molecule has 0 amide bonds. The third kappa shape index (κ3) is 4.96. The van der Waals surface area contributed by atoms with Crippen LogP contribution >= 0.6 is 12.4 Å². The van der Waals surface area contributed by atoms with Crippen LogP contribution in [0.5, 0.6) is 0 Å². The minimum Gasteiger partial charge on any atom is -0.396 e. The van der Waals surface area contributed by atoms with E-state index in [0.717, 1.165) is 12.8 Å². The summed E-state index contributed by atoms with van der Waals surface area (Å²) in [6.07, 6.45) is 6.29. The molecule has 12 heavy (non-hydrogen) atoms. The van der Waals surface area contributed by atoms with Crippen molar-refractivity contribution >= 4 is 12.4 Å². The summed E-state index contributed by atoms with van der Waals surface area (Å²) in [5.74, 6) is 0. The molecule has 1 saturated heterocycles. The van der Waals surface area contributed by atoms with E-state index in [9.17, 15) is 0 Å². The van der Waals surface area contributed by atoms with E-state index in [0.29, 0.717) is 6.61 Å². The minimum atomic E-state index is 0. The van der Waals surface area contributed by atoms with Crippen LogP contribution in [0.15, 0.2) is 0 Å². The van der Waals surface area contributed by atoms with Crippen molar-refractivity contribution in [2.75, 3.05) is 26.2 Å². The molecule has 0 aromatic carbocycles. The van der Waals surface area contributed by atoms with Crippen LogP contribution in [0.4, 0.5) is 0 Å². The second-order valence-corrected chi connectivity index (χ2v) is 3.33. The highest BCUT2D eigenvalue weighted by atomic mass is 35.5. The summed E-state index contributed by atoms with van der Waals surface area (Å²) >= 11 is 0. The van der Waals surface area contributed by atoms with Gasteiger partial charge in [-0.25, -0.2) is 0 Å². The highest BCUT2D eigenvalue weighted by molar-refractivity contribution is 5.85. The average molecular weight is 194 g/mol. The zero-order valence-electron chi connectivity index (χ0n) is 7.67. The predicted octanol–water partition coefficient (Wildman–Crippen LogP) is 1.67. The molecule has 0 bridgehead atoms. The maximum atomic E-state index is 8.58. The molecule has 1 N–H and O–H groups in total. The van der Waals surface area contributed by atoms with Crippen LogP contribution in [-0.2, 0) is 0 Å². The number of aliphatic hydroxyl groups is 1. The van der Waals surface area contributed by atoms with Gasteiger partial charge in [-0.3, -0.25) is 0 Å². The van der Waals surface area contributed by atoms with Crippen LogP contribution in [0.3, 0.4) is 0 Å². The molecule has 0 aliphatic carbocycles. The van der Waals surface area contributed by atoms with E-state index in [1.54, 1.807) is 0 Å². The molecule has 0 spiro atoms. The lowest BCUT2D eigenvalue weighted by Crippen LogP contribution is -2.30. The van der Waals surface area contributed by atoms with Crippen molar-refractivity contribution in [1.29, 1.82) is 0 Å². The van der Waals surface area contributed by atoms with E-state index < -0.39 is 0 Å². The lowest BCUT2D eigenvalue weighted by molar-refractivity contribution is 0.212. The summed E-state index contributed by atoms with van der Waals surface area (Å²) in [5, 5.41) is 8.58. The topological polar surface area (TPSA) is 23.5 Å². The van der Waals surface area contributed by atoms with Crippen LogP contribution < -0.4 is 0 Å². The molecule has 2 nitrogen and oxygen atoms in total. The lowest BCUT2D eigenvalue weighted by atomic mass is 10.1. The monoisotopic (exact) mass is 193 g/mol. The Balaban J connectivity index is 0.00000121. The van der Waals surface area contributed by atoms with Gasteiger partial charge >= 0.3 is 0 Å². The van der Waals surface area contributed by atoms with Gasteiger partial charge in [-0.15, -0.1) is 12.4 Å². The Hall–Kier alpha value is 0.210. The van der Waals surface area contributed by atoms with E-state index in [2.05, 4.69) is 4.90 Å². The Labute approximate surface area is 81.4 Å². The van der Waals surface area contributed by atoms with E-state index in [1.165, 1.54) is 38.9 Å². The molecule has 0 atom stereocenters. The predicted molar refractivity (Wildman–Crippen MR) is 53.9 cm³/mol. The van der Waals surface area contributed by atoms with Gasteiger partial charge in [0.2, 0.25) is 0 Å². The number of hydrogen-bond donors (Lipinski definition) is 1. The zero-order valence-corrected chi connectivity index (χ0v) is 8.48. The Morgan fingerprint density at radius 1 is 1.00 bits per heavy atom. The number of nitrogens with zero attached hydrogens (tertiary/aromatic N) is 1. The van der Waals surface area contributed by atoms with Gasteiger partial charge in [0.25, 0.3) is 0 Å². The molecule has 1 fully saturated rings. The molecule has 1 rings (SSSR count). The van der Waals surface area contributed by atoms with Gasteiger partial charge in [0, 0.05) is 6.61 Å². The van der Waals surface area contributed by atoms with E-state index in [4.69, 9.17) is 5.11 Å². The molecular weight excluding hydrogens is 174 g/mol. The van der Waals surface area contributed by atoms with Crippen molar-refractivity contribution in [2.45, 2.75) is 32.1 Å². The first-order chi connectivity index (χ1) is 5.43. The number of piperidine rings is 1. The molecule has 0 unspecified atom stereocenters. The van der Waals surface area contributed by atoms with Gasteiger partial charge in [-0.05, 0) is 45.3 Å². The molecule has 3 heteroatoms. The van der Waals surface area contributed by atoms with Gasteiger partial charge in [-0.2, -0.15) is 0 Å². The summed E-state index contributed by atoms with van der Waals surface area (Å²) < 4.78 is 0. The fraction of sp³-hybridized carbons (Fsp3) is 1.00.